The first-order chi connectivity index (χ1) is 2.91. The maximum Gasteiger partial charge on any atom is 0.124 e. The van der Waals surface area contributed by atoms with Crippen LogP contribution in [0.2, 0.25) is 0 Å². The van der Waals surface area contributed by atoms with E-state index in [1.165, 1.54) is 6.08 Å². The molecule has 0 unspecified atom stereocenters. The molecular weight excluding hydrogens is 92.1 g/mol. The zero-order valence-electron chi connectivity index (χ0n) is 3.14. The van der Waals surface area contributed by atoms with Crippen molar-refractivity contribution in [3.05, 3.63) is 17.9 Å². The van der Waals surface area contributed by atoms with Crippen molar-refractivity contribution in [1.29, 1.82) is 0 Å². The highest BCUT2D eigenvalue weighted by Gasteiger charge is 1.49. The summed E-state index contributed by atoms with van der Waals surface area (Å²) in [5.41, 5.74) is 1.57. The highest BCUT2D eigenvalue weighted by Crippen LogP contribution is 1.59. The van der Waals surface area contributed by atoms with Crippen LogP contribution in [0.4, 0.5) is 0 Å². The fraction of sp³-hybridized carbons (Fsp3) is 0. The molecule has 6 heavy (non-hydrogen) atoms. The predicted molar refractivity (Wildman–Crippen MR) is 25.2 cm³/mol. The molecule has 0 aromatic heterocycles. The van der Waals surface area contributed by atoms with Gasteiger partial charge in [0.05, 0.1) is 10.2 Å². The molecule has 0 aliphatic carbocycles. The van der Waals surface area contributed by atoms with Crippen LogP contribution in [0.25, 0.3) is 0 Å². The standard InChI is InChI=1S/C4H3OSi/c5-3-1-2-4-6/h1-2,4H/b4-2+. The van der Waals surface area contributed by atoms with Crippen molar-refractivity contribution >= 4 is 16.2 Å². The van der Waals surface area contributed by atoms with Crippen LogP contribution in [0.1, 0.15) is 0 Å². The second kappa shape index (κ2) is 4.41. The molecule has 0 aliphatic rings. The van der Waals surface area contributed by atoms with E-state index in [1.54, 1.807) is 17.7 Å². The Morgan fingerprint density at radius 3 is 2.50 bits per heavy atom. The fourth-order valence-electron chi connectivity index (χ4n) is 0.0874. The van der Waals surface area contributed by atoms with Crippen LogP contribution in [0.3, 0.4) is 0 Å². The summed E-state index contributed by atoms with van der Waals surface area (Å²) in [6.07, 6.45) is 2.82. The molecule has 0 heterocycles. The van der Waals surface area contributed by atoms with Gasteiger partial charge in [0.15, 0.2) is 0 Å². The van der Waals surface area contributed by atoms with E-state index in [9.17, 15) is 4.79 Å². The molecule has 0 amide bonds. The molecule has 1 nitrogen and oxygen atoms in total. The second-order valence-corrected chi connectivity index (χ2v) is 0.977. The van der Waals surface area contributed by atoms with Crippen molar-refractivity contribution in [3.8, 4) is 0 Å². The van der Waals surface area contributed by atoms with Gasteiger partial charge in [-0.3, -0.25) is 0 Å². The van der Waals surface area contributed by atoms with Gasteiger partial charge in [0, 0.05) is 6.08 Å². The molecule has 29 valence electrons. The normalized spacial score (nSPS) is 8.17. The van der Waals surface area contributed by atoms with Crippen molar-refractivity contribution in [1.82, 2.24) is 0 Å². The molecule has 0 atom stereocenters. The van der Waals surface area contributed by atoms with Crippen LogP contribution in [0.15, 0.2) is 17.9 Å². The first-order valence-electron chi connectivity index (χ1n) is 1.45. The van der Waals surface area contributed by atoms with Gasteiger partial charge in [0.2, 0.25) is 0 Å². The molecule has 0 aliphatic heterocycles. The Bertz CT molecular complexity index is 89.7. The van der Waals surface area contributed by atoms with E-state index in [0.717, 1.165) is 0 Å². The number of carbonyl (C=O) groups excluding carboxylic acids is 1. The maximum atomic E-state index is 9.31. The van der Waals surface area contributed by atoms with Crippen molar-refractivity contribution in [2.75, 3.05) is 0 Å². The van der Waals surface area contributed by atoms with Gasteiger partial charge in [-0.15, -0.1) is 5.70 Å². The highest BCUT2D eigenvalue weighted by molar-refractivity contribution is 6.17. The number of hydrogen-bond donors (Lipinski definition) is 0. The summed E-state index contributed by atoms with van der Waals surface area (Å²) >= 11 is 0. The van der Waals surface area contributed by atoms with E-state index in [1.807, 2.05) is 0 Å². The number of hydrogen-bond acceptors (Lipinski definition) is 1. The summed E-state index contributed by atoms with van der Waals surface area (Å²) in [7, 11) is 3.00. The Labute approximate surface area is 39.8 Å². The summed E-state index contributed by atoms with van der Waals surface area (Å²) in [6.45, 7) is 0. The van der Waals surface area contributed by atoms with E-state index in [2.05, 4.69) is 10.2 Å². The van der Waals surface area contributed by atoms with E-state index in [4.69, 9.17) is 0 Å². The lowest BCUT2D eigenvalue weighted by molar-refractivity contribution is 0.569. The molecular formula is C4H3OSi. The Morgan fingerprint density at radius 1 is 1.67 bits per heavy atom. The van der Waals surface area contributed by atoms with Crippen molar-refractivity contribution < 1.29 is 4.79 Å². The summed E-state index contributed by atoms with van der Waals surface area (Å²) in [5.74, 6) is 1.58. The van der Waals surface area contributed by atoms with Crippen LogP contribution < -0.4 is 0 Å². The van der Waals surface area contributed by atoms with Crippen LogP contribution >= 0.6 is 0 Å². The Kier molecular flexibility index (Phi) is 3.97. The van der Waals surface area contributed by atoms with Crippen molar-refractivity contribution in [2.45, 2.75) is 0 Å². The smallest absolute Gasteiger partial charge is 0.124 e. The maximum absolute atomic E-state index is 9.31. The Balaban J connectivity index is 3.33. The first-order valence-corrected chi connectivity index (χ1v) is 2.03. The lowest BCUT2D eigenvalue weighted by Crippen LogP contribution is -1.48. The molecule has 2 heteroatoms. The predicted octanol–water partition coefficient (Wildman–Crippen LogP) is 0.0564. The molecule has 0 aromatic rings. The van der Waals surface area contributed by atoms with Gasteiger partial charge < -0.3 is 0 Å². The highest BCUT2D eigenvalue weighted by atomic mass is 28.1. The van der Waals surface area contributed by atoms with Gasteiger partial charge in [-0.05, 0) is 0 Å². The second-order valence-electron chi connectivity index (χ2n) is 0.644. The molecule has 0 saturated heterocycles. The van der Waals surface area contributed by atoms with Gasteiger partial charge in [0.25, 0.3) is 0 Å². The van der Waals surface area contributed by atoms with E-state index >= 15 is 0 Å². The molecule has 0 bridgehead atoms. The molecule has 0 rings (SSSR count). The lowest BCUT2D eigenvalue weighted by atomic mass is 10.6. The average molecular weight is 95.2 g/mol. The van der Waals surface area contributed by atoms with Crippen LogP contribution in [-0.2, 0) is 4.79 Å². The van der Waals surface area contributed by atoms with E-state index in [0.29, 0.717) is 0 Å². The lowest BCUT2D eigenvalue weighted by Gasteiger charge is -1.54. The molecule has 0 fully saturated rings. The molecule has 0 spiro atoms. The van der Waals surface area contributed by atoms with Crippen LogP contribution in [-0.4, -0.2) is 16.2 Å². The number of allylic oxidation sites excluding steroid dienone is 2. The minimum Gasteiger partial charge on any atom is -0.234 e. The number of rotatable bonds is 1. The summed E-state index contributed by atoms with van der Waals surface area (Å²) < 4.78 is 0. The average Bonchev–Trinajstić information content (AvgIpc) is 1.61. The van der Waals surface area contributed by atoms with Gasteiger partial charge in [-0.25, -0.2) is 4.79 Å². The van der Waals surface area contributed by atoms with Gasteiger partial charge in [0.1, 0.15) is 5.94 Å². The van der Waals surface area contributed by atoms with Crippen LogP contribution in [0, 0.1) is 0 Å². The third-order valence-corrected chi connectivity index (χ3v) is 0.453. The molecule has 0 saturated carbocycles. The molecule has 3 radical (unpaired) electrons. The van der Waals surface area contributed by atoms with Crippen molar-refractivity contribution in [3.63, 3.8) is 0 Å². The quantitative estimate of drug-likeness (QED) is 0.255. The van der Waals surface area contributed by atoms with Gasteiger partial charge in [-0.2, -0.15) is 0 Å². The zero-order valence-corrected chi connectivity index (χ0v) is 4.14. The summed E-state index contributed by atoms with van der Waals surface area (Å²) in [5, 5.41) is 0. The third kappa shape index (κ3) is 3.41. The monoisotopic (exact) mass is 95.0 g/mol. The van der Waals surface area contributed by atoms with Gasteiger partial charge >= 0.3 is 0 Å². The van der Waals surface area contributed by atoms with E-state index < -0.39 is 0 Å². The minimum atomic E-state index is 1.27. The largest absolute Gasteiger partial charge is 0.234 e. The summed E-state index contributed by atoms with van der Waals surface area (Å²) in [6, 6.07) is 0. The zero-order chi connectivity index (χ0) is 4.83. The van der Waals surface area contributed by atoms with Crippen molar-refractivity contribution in [2.24, 2.45) is 0 Å². The third-order valence-electron chi connectivity index (χ3n) is 0.260. The van der Waals surface area contributed by atoms with E-state index in [-0.39, 0.29) is 0 Å². The topological polar surface area (TPSA) is 17.1 Å². The SMILES string of the molecule is O=C=C/C=C/[Si]. The minimum absolute atomic E-state index is 1.27. The summed E-state index contributed by atoms with van der Waals surface area (Å²) in [4.78, 5) is 9.31. The van der Waals surface area contributed by atoms with Gasteiger partial charge in [-0.1, -0.05) is 6.08 Å². The fourth-order valence-corrected chi connectivity index (χ4v) is 0.184. The Hall–Kier alpha value is -0.593. The first kappa shape index (κ1) is 5.41. The Morgan fingerprint density at radius 2 is 2.33 bits per heavy atom. The molecule has 0 N–H and O–H groups in total. The molecule has 0 aromatic carbocycles. The van der Waals surface area contributed by atoms with Crippen LogP contribution in [0.5, 0.6) is 0 Å².